The van der Waals surface area contributed by atoms with Crippen molar-refractivity contribution in [2.24, 2.45) is 18.9 Å². The van der Waals surface area contributed by atoms with E-state index in [4.69, 9.17) is 4.74 Å². The molecule has 1 aromatic carbocycles. The molecule has 6 nitrogen and oxygen atoms in total. The number of esters is 1. The van der Waals surface area contributed by atoms with Crippen LogP contribution in [0.1, 0.15) is 24.2 Å². The van der Waals surface area contributed by atoms with Crippen LogP contribution in [-0.2, 0) is 39.2 Å². The summed E-state index contributed by atoms with van der Waals surface area (Å²) >= 11 is 0. The highest BCUT2D eigenvalue weighted by atomic mass is 16.5. The third-order valence-corrected chi connectivity index (χ3v) is 5.14. The standard InChI is InChI=1S/C19H18N2O4.H2/c1-21-8-7-12-14(21)9-13(16-15(12)17(22)20-18(16)23)19(24)25-10-11-5-3-2-4-6-11;/h2-8,13,15-16H,9-10H2,1H3,(H,20,22,23);1H. The average molecular weight is 340 g/mol. The van der Waals surface area contributed by atoms with Crippen LogP contribution in [0.2, 0.25) is 0 Å². The van der Waals surface area contributed by atoms with Gasteiger partial charge in [-0.05, 0) is 17.2 Å². The molecule has 6 heteroatoms. The summed E-state index contributed by atoms with van der Waals surface area (Å²) < 4.78 is 7.35. The second-order valence-electron chi connectivity index (χ2n) is 6.59. The van der Waals surface area contributed by atoms with Crippen LogP contribution in [-0.4, -0.2) is 22.4 Å². The second-order valence-corrected chi connectivity index (χ2v) is 6.59. The molecule has 1 saturated heterocycles. The first-order valence-corrected chi connectivity index (χ1v) is 8.25. The van der Waals surface area contributed by atoms with Gasteiger partial charge in [-0.1, -0.05) is 30.3 Å². The monoisotopic (exact) mass is 340 g/mol. The molecular weight excluding hydrogens is 320 g/mol. The Morgan fingerprint density at radius 3 is 2.76 bits per heavy atom. The van der Waals surface area contributed by atoms with Gasteiger partial charge in [-0.25, -0.2) is 0 Å². The van der Waals surface area contributed by atoms with E-state index >= 15 is 0 Å². The smallest absolute Gasteiger partial charge is 0.310 e. The minimum Gasteiger partial charge on any atom is -0.461 e. The highest BCUT2D eigenvalue weighted by Gasteiger charge is 2.53. The van der Waals surface area contributed by atoms with E-state index in [1.165, 1.54) is 0 Å². The predicted molar refractivity (Wildman–Crippen MR) is 90.3 cm³/mol. The Balaban J connectivity index is 0.00000196. The second kappa shape index (κ2) is 5.88. The number of imide groups is 1. The molecule has 3 atom stereocenters. The van der Waals surface area contributed by atoms with E-state index < -0.39 is 23.7 Å². The minimum atomic E-state index is -0.689. The first-order chi connectivity index (χ1) is 12.1. The van der Waals surface area contributed by atoms with Gasteiger partial charge in [0.25, 0.3) is 0 Å². The van der Waals surface area contributed by atoms with Gasteiger partial charge in [0.05, 0.1) is 17.8 Å². The van der Waals surface area contributed by atoms with Crippen molar-refractivity contribution < 1.29 is 20.5 Å². The molecule has 0 bridgehead atoms. The number of rotatable bonds is 3. The molecule has 3 unspecified atom stereocenters. The number of hydrogen-bond donors (Lipinski definition) is 1. The lowest BCUT2D eigenvalue weighted by Crippen LogP contribution is -2.38. The Morgan fingerprint density at radius 2 is 2.00 bits per heavy atom. The summed E-state index contributed by atoms with van der Waals surface area (Å²) in [6.45, 7) is 0.156. The highest BCUT2D eigenvalue weighted by Crippen LogP contribution is 2.43. The SMILES string of the molecule is Cn1ccc2c1CC(C(=O)OCc1ccccc1)C1C(=O)NC(=O)C21.[HH]. The fourth-order valence-corrected chi connectivity index (χ4v) is 3.87. The molecule has 1 aliphatic heterocycles. The number of aryl methyl sites for hydroxylation is 1. The molecule has 1 fully saturated rings. The van der Waals surface area contributed by atoms with Crippen molar-refractivity contribution in [1.82, 2.24) is 9.88 Å². The van der Waals surface area contributed by atoms with Crippen LogP contribution in [0.4, 0.5) is 0 Å². The molecule has 2 aliphatic rings. The normalized spacial score (nSPS) is 24.4. The summed E-state index contributed by atoms with van der Waals surface area (Å²) in [4.78, 5) is 37.2. The lowest BCUT2D eigenvalue weighted by molar-refractivity contribution is -0.154. The number of hydrogen-bond acceptors (Lipinski definition) is 4. The van der Waals surface area contributed by atoms with Crippen LogP contribution in [0.5, 0.6) is 0 Å². The number of carbonyl (C=O) groups is 3. The first-order valence-electron chi connectivity index (χ1n) is 8.25. The molecule has 25 heavy (non-hydrogen) atoms. The predicted octanol–water partition coefficient (Wildman–Crippen LogP) is 1.54. The van der Waals surface area contributed by atoms with Crippen molar-refractivity contribution in [3.05, 3.63) is 59.4 Å². The number of amides is 2. The molecule has 1 aromatic heterocycles. The van der Waals surface area contributed by atoms with Gasteiger partial charge in [0.2, 0.25) is 11.8 Å². The maximum atomic E-state index is 12.7. The van der Waals surface area contributed by atoms with Crippen LogP contribution in [0, 0.1) is 11.8 Å². The number of carbonyl (C=O) groups excluding carboxylic acids is 3. The van der Waals surface area contributed by atoms with E-state index in [1.54, 1.807) is 0 Å². The third-order valence-electron chi connectivity index (χ3n) is 5.14. The van der Waals surface area contributed by atoms with Crippen molar-refractivity contribution in [2.75, 3.05) is 0 Å². The van der Waals surface area contributed by atoms with E-state index in [0.29, 0.717) is 6.42 Å². The van der Waals surface area contributed by atoms with Crippen LogP contribution in [0.3, 0.4) is 0 Å². The maximum Gasteiger partial charge on any atom is 0.310 e. The number of nitrogens with one attached hydrogen (secondary N) is 1. The largest absolute Gasteiger partial charge is 0.461 e. The minimum absolute atomic E-state index is 0. The molecule has 2 heterocycles. The van der Waals surface area contributed by atoms with E-state index in [2.05, 4.69) is 5.32 Å². The summed E-state index contributed by atoms with van der Waals surface area (Å²) in [6.07, 6.45) is 2.25. The zero-order valence-corrected chi connectivity index (χ0v) is 13.8. The number of benzene rings is 1. The van der Waals surface area contributed by atoms with Crippen LogP contribution >= 0.6 is 0 Å². The molecule has 1 N–H and O–H groups in total. The fraction of sp³-hybridized carbons (Fsp3) is 0.316. The molecule has 130 valence electrons. The van der Waals surface area contributed by atoms with Gasteiger partial charge in [0.15, 0.2) is 0 Å². The molecule has 4 rings (SSSR count). The lowest BCUT2D eigenvalue weighted by atomic mass is 9.72. The quantitative estimate of drug-likeness (QED) is 0.679. The van der Waals surface area contributed by atoms with Crippen LogP contribution in [0.15, 0.2) is 42.6 Å². The Kier molecular flexibility index (Phi) is 3.67. The Hall–Kier alpha value is -2.89. The molecular formula is C19H20N2O4. The van der Waals surface area contributed by atoms with E-state index in [1.807, 2.05) is 54.2 Å². The van der Waals surface area contributed by atoms with Gasteiger partial charge in [0, 0.05) is 26.8 Å². The van der Waals surface area contributed by atoms with Gasteiger partial charge in [-0.3, -0.25) is 19.7 Å². The third kappa shape index (κ3) is 2.54. The van der Waals surface area contributed by atoms with Gasteiger partial charge in [-0.15, -0.1) is 0 Å². The van der Waals surface area contributed by atoms with Crippen LogP contribution in [0.25, 0.3) is 0 Å². The van der Waals surface area contributed by atoms with Gasteiger partial charge < -0.3 is 9.30 Å². The molecule has 1 aliphatic carbocycles. The Morgan fingerprint density at radius 1 is 1.24 bits per heavy atom. The van der Waals surface area contributed by atoms with Crippen molar-refractivity contribution >= 4 is 17.8 Å². The first kappa shape index (κ1) is 15.6. The Labute approximate surface area is 146 Å². The Bertz CT molecular complexity index is 862. The summed E-state index contributed by atoms with van der Waals surface area (Å²) in [7, 11) is 1.88. The van der Waals surface area contributed by atoms with Gasteiger partial charge in [-0.2, -0.15) is 0 Å². The van der Waals surface area contributed by atoms with Crippen molar-refractivity contribution in [3.63, 3.8) is 0 Å². The summed E-state index contributed by atoms with van der Waals surface area (Å²) in [5, 5.41) is 2.37. The average Bonchev–Trinajstić information content (AvgIpc) is 3.13. The van der Waals surface area contributed by atoms with E-state index in [0.717, 1.165) is 16.8 Å². The van der Waals surface area contributed by atoms with E-state index in [9.17, 15) is 14.4 Å². The fourth-order valence-electron chi connectivity index (χ4n) is 3.87. The molecule has 2 amide bonds. The van der Waals surface area contributed by atoms with E-state index in [-0.39, 0.29) is 19.8 Å². The van der Waals surface area contributed by atoms with Gasteiger partial charge in [0.1, 0.15) is 6.61 Å². The maximum absolute atomic E-state index is 12.7. The van der Waals surface area contributed by atoms with Crippen molar-refractivity contribution in [1.29, 1.82) is 0 Å². The number of aromatic nitrogens is 1. The number of ether oxygens (including phenoxy) is 1. The summed E-state index contributed by atoms with van der Waals surface area (Å²) in [5.41, 5.74) is 2.63. The number of fused-ring (bicyclic) bond motifs is 3. The molecule has 0 radical (unpaired) electrons. The number of nitrogens with zero attached hydrogens (tertiary/aromatic N) is 1. The zero-order chi connectivity index (χ0) is 17.6. The molecule has 2 aromatic rings. The van der Waals surface area contributed by atoms with Crippen LogP contribution < -0.4 is 5.32 Å². The summed E-state index contributed by atoms with van der Waals surface area (Å²) in [5.74, 6) is -3.09. The van der Waals surface area contributed by atoms with Gasteiger partial charge >= 0.3 is 5.97 Å². The lowest BCUT2D eigenvalue weighted by Gasteiger charge is -2.30. The van der Waals surface area contributed by atoms with Crippen molar-refractivity contribution in [3.8, 4) is 0 Å². The topological polar surface area (TPSA) is 77.4 Å². The zero-order valence-electron chi connectivity index (χ0n) is 13.8. The summed E-state index contributed by atoms with van der Waals surface area (Å²) in [6, 6.07) is 11.2. The highest BCUT2D eigenvalue weighted by molar-refractivity contribution is 6.09. The molecule has 0 saturated carbocycles. The molecule has 0 spiro atoms. The van der Waals surface area contributed by atoms with Crippen molar-refractivity contribution in [2.45, 2.75) is 18.9 Å².